The lowest BCUT2D eigenvalue weighted by Crippen LogP contribution is -2.28. The second kappa shape index (κ2) is 5.09. The van der Waals surface area contributed by atoms with Crippen molar-refractivity contribution in [1.29, 1.82) is 0 Å². The third-order valence-corrected chi connectivity index (χ3v) is 3.83. The molecule has 84 valence electrons. The van der Waals surface area contributed by atoms with Gasteiger partial charge in [0.2, 0.25) is 0 Å². The molecule has 0 radical (unpaired) electrons. The van der Waals surface area contributed by atoms with Crippen LogP contribution >= 0.6 is 0 Å². The summed E-state index contributed by atoms with van der Waals surface area (Å²) in [6.07, 6.45) is 4.78. The highest BCUT2D eigenvalue weighted by Gasteiger charge is 2.20. The average Bonchev–Trinajstić information content (AvgIpc) is 2.71. The Morgan fingerprint density at radius 3 is 2.93 bits per heavy atom. The van der Waals surface area contributed by atoms with Crippen LogP contribution in [0, 0.1) is 0 Å². The summed E-state index contributed by atoms with van der Waals surface area (Å²) < 4.78 is 24.9. The first-order valence-electron chi connectivity index (χ1n) is 4.65. The quantitative estimate of drug-likeness (QED) is 0.584. The van der Waals surface area contributed by atoms with Gasteiger partial charge < -0.3 is 0 Å². The molecule has 1 N–H and O–H groups in total. The topological polar surface area (TPSA) is 66.1 Å². The smallest absolute Gasteiger partial charge is 0.259 e. The number of H-pyrrole nitrogens is 1. The highest BCUT2D eigenvalue weighted by Crippen LogP contribution is 2.10. The van der Waals surface area contributed by atoms with Crippen LogP contribution in [-0.2, 0) is 10.0 Å². The van der Waals surface area contributed by atoms with Crippen molar-refractivity contribution in [3.05, 3.63) is 24.9 Å². The number of sulfonamides is 1. The summed E-state index contributed by atoms with van der Waals surface area (Å²) in [6.45, 7) is 4.07. The SMILES string of the molecule is C=CCCCN(C)S(=O)(=O)c1ccn[nH]1. The van der Waals surface area contributed by atoms with E-state index < -0.39 is 10.0 Å². The van der Waals surface area contributed by atoms with Gasteiger partial charge in [0.15, 0.2) is 5.03 Å². The molecule has 15 heavy (non-hydrogen) atoms. The lowest BCUT2D eigenvalue weighted by Gasteiger charge is -2.14. The number of nitrogens with zero attached hydrogens (tertiary/aromatic N) is 2. The van der Waals surface area contributed by atoms with E-state index in [1.54, 1.807) is 13.1 Å². The van der Waals surface area contributed by atoms with Gasteiger partial charge in [-0.1, -0.05) is 6.08 Å². The van der Waals surface area contributed by atoms with Crippen LogP contribution < -0.4 is 0 Å². The van der Waals surface area contributed by atoms with E-state index in [0.29, 0.717) is 6.54 Å². The molecule has 0 atom stereocenters. The van der Waals surface area contributed by atoms with Crippen molar-refractivity contribution in [1.82, 2.24) is 14.5 Å². The van der Waals surface area contributed by atoms with E-state index in [1.807, 2.05) is 0 Å². The Morgan fingerprint density at radius 1 is 1.67 bits per heavy atom. The molecule has 1 rings (SSSR count). The van der Waals surface area contributed by atoms with Gasteiger partial charge in [-0.05, 0) is 18.9 Å². The summed E-state index contributed by atoms with van der Waals surface area (Å²) in [4.78, 5) is 0. The Morgan fingerprint density at radius 2 is 2.40 bits per heavy atom. The zero-order valence-electron chi connectivity index (χ0n) is 8.68. The minimum atomic E-state index is -3.40. The van der Waals surface area contributed by atoms with Gasteiger partial charge in [0, 0.05) is 13.6 Å². The number of hydrogen-bond donors (Lipinski definition) is 1. The number of hydrogen-bond acceptors (Lipinski definition) is 3. The van der Waals surface area contributed by atoms with E-state index >= 15 is 0 Å². The summed E-state index contributed by atoms with van der Waals surface area (Å²) in [6, 6.07) is 1.44. The summed E-state index contributed by atoms with van der Waals surface area (Å²) in [5.41, 5.74) is 0. The van der Waals surface area contributed by atoms with Crippen LogP contribution in [0.2, 0.25) is 0 Å². The van der Waals surface area contributed by atoms with Crippen LogP contribution in [-0.4, -0.2) is 36.5 Å². The first-order valence-corrected chi connectivity index (χ1v) is 6.09. The molecule has 0 spiro atoms. The van der Waals surface area contributed by atoms with Crippen LogP contribution in [0.4, 0.5) is 0 Å². The van der Waals surface area contributed by atoms with Crippen LogP contribution in [0.5, 0.6) is 0 Å². The van der Waals surface area contributed by atoms with Crippen molar-refractivity contribution in [2.45, 2.75) is 17.9 Å². The van der Waals surface area contributed by atoms with Crippen molar-refractivity contribution in [2.75, 3.05) is 13.6 Å². The molecule has 0 aliphatic carbocycles. The van der Waals surface area contributed by atoms with Gasteiger partial charge in [-0.15, -0.1) is 6.58 Å². The van der Waals surface area contributed by atoms with Gasteiger partial charge in [-0.25, -0.2) is 8.42 Å². The molecule has 0 aliphatic rings. The van der Waals surface area contributed by atoms with Gasteiger partial charge in [0.25, 0.3) is 10.0 Å². The van der Waals surface area contributed by atoms with E-state index in [9.17, 15) is 8.42 Å². The predicted molar refractivity (Wildman–Crippen MR) is 57.8 cm³/mol. The van der Waals surface area contributed by atoms with Crippen molar-refractivity contribution in [3.8, 4) is 0 Å². The molecule has 5 nitrogen and oxygen atoms in total. The molecule has 1 heterocycles. The fourth-order valence-corrected chi connectivity index (χ4v) is 2.24. The van der Waals surface area contributed by atoms with Crippen LogP contribution in [0.1, 0.15) is 12.8 Å². The monoisotopic (exact) mass is 229 g/mol. The number of rotatable bonds is 6. The van der Waals surface area contributed by atoms with Crippen LogP contribution in [0.25, 0.3) is 0 Å². The zero-order chi connectivity index (χ0) is 11.3. The summed E-state index contributed by atoms with van der Waals surface area (Å²) in [5.74, 6) is 0. The molecule has 1 aromatic rings. The number of aromatic amines is 1. The maximum atomic E-state index is 11.8. The van der Waals surface area contributed by atoms with Crippen molar-refractivity contribution in [2.24, 2.45) is 0 Å². The first-order chi connectivity index (χ1) is 7.09. The summed E-state index contributed by atoms with van der Waals surface area (Å²) >= 11 is 0. The lowest BCUT2D eigenvalue weighted by molar-refractivity contribution is 0.460. The molecule has 6 heteroatoms. The molecule has 0 fully saturated rings. The number of unbranched alkanes of at least 4 members (excludes halogenated alkanes) is 1. The normalized spacial score (nSPS) is 11.9. The van der Waals surface area contributed by atoms with Crippen molar-refractivity contribution in [3.63, 3.8) is 0 Å². The Kier molecular flexibility index (Phi) is 4.05. The average molecular weight is 229 g/mol. The largest absolute Gasteiger partial charge is 0.266 e. The van der Waals surface area contributed by atoms with Gasteiger partial charge >= 0.3 is 0 Å². The zero-order valence-corrected chi connectivity index (χ0v) is 9.50. The standard InChI is InChI=1S/C9H15N3O2S/c1-3-4-5-8-12(2)15(13,14)9-6-7-10-11-9/h3,6-7H,1,4-5,8H2,2H3,(H,10,11). The molecular weight excluding hydrogens is 214 g/mol. The van der Waals surface area contributed by atoms with Crippen molar-refractivity contribution < 1.29 is 8.42 Å². The third kappa shape index (κ3) is 2.90. The minimum Gasteiger partial charge on any atom is -0.266 e. The lowest BCUT2D eigenvalue weighted by atomic mass is 10.3. The summed E-state index contributed by atoms with van der Waals surface area (Å²) in [5, 5.41) is 6.20. The molecule has 1 aromatic heterocycles. The van der Waals surface area contributed by atoms with Crippen LogP contribution in [0.3, 0.4) is 0 Å². The second-order valence-electron chi connectivity index (χ2n) is 3.18. The van der Waals surface area contributed by atoms with Crippen molar-refractivity contribution >= 4 is 10.0 Å². The fraction of sp³-hybridized carbons (Fsp3) is 0.444. The highest BCUT2D eigenvalue weighted by atomic mass is 32.2. The highest BCUT2D eigenvalue weighted by molar-refractivity contribution is 7.89. The molecule has 0 bridgehead atoms. The van der Waals surface area contributed by atoms with Gasteiger partial charge in [-0.2, -0.15) is 9.40 Å². The Hall–Kier alpha value is -1.14. The number of aromatic nitrogens is 2. The van der Waals surface area contributed by atoms with Gasteiger partial charge in [0.05, 0.1) is 6.20 Å². The molecule has 0 saturated carbocycles. The van der Waals surface area contributed by atoms with E-state index in [4.69, 9.17) is 0 Å². The fourth-order valence-electron chi connectivity index (χ4n) is 1.13. The first kappa shape index (κ1) is 11.9. The molecule has 0 aromatic carbocycles. The molecular formula is C9H15N3O2S. The summed E-state index contributed by atoms with van der Waals surface area (Å²) in [7, 11) is -1.84. The second-order valence-corrected chi connectivity index (χ2v) is 5.19. The Bertz CT molecular complexity index is 397. The Labute approximate surface area is 89.8 Å². The Balaban J connectivity index is 2.66. The van der Waals surface area contributed by atoms with Gasteiger partial charge in [-0.3, -0.25) is 5.10 Å². The van der Waals surface area contributed by atoms with Crippen LogP contribution in [0.15, 0.2) is 29.9 Å². The third-order valence-electron chi connectivity index (χ3n) is 2.04. The minimum absolute atomic E-state index is 0.128. The molecule has 0 saturated heterocycles. The molecule has 0 aliphatic heterocycles. The molecule has 0 amide bonds. The maximum Gasteiger partial charge on any atom is 0.259 e. The predicted octanol–water partition coefficient (Wildman–Crippen LogP) is 0.996. The number of nitrogens with one attached hydrogen (secondary N) is 1. The van der Waals surface area contributed by atoms with E-state index in [0.717, 1.165) is 12.8 Å². The van der Waals surface area contributed by atoms with E-state index in [-0.39, 0.29) is 5.03 Å². The van der Waals surface area contributed by atoms with E-state index in [2.05, 4.69) is 16.8 Å². The van der Waals surface area contributed by atoms with Gasteiger partial charge in [0.1, 0.15) is 0 Å². The van der Waals surface area contributed by atoms with E-state index in [1.165, 1.54) is 16.6 Å². The maximum absolute atomic E-state index is 11.8. The number of allylic oxidation sites excluding steroid dienone is 1. The molecule has 0 unspecified atom stereocenters.